The van der Waals surface area contributed by atoms with Crippen LogP contribution >= 0.6 is 11.8 Å². The molecule has 2 N–H and O–H groups in total. The second-order valence-corrected chi connectivity index (χ2v) is 4.48. The third-order valence-corrected chi connectivity index (χ3v) is 3.16. The lowest BCUT2D eigenvalue weighted by Crippen LogP contribution is -2.05. The molecule has 0 saturated carbocycles. The highest BCUT2D eigenvalue weighted by Gasteiger charge is 2.15. The maximum Gasteiger partial charge on any atom is 0.276 e. The molecule has 1 saturated heterocycles. The van der Waals surface area contributed by atoms with Crippen LogP contribution in [-0.2, 0) is 11.3 Å². The summed E-state index contributed by atoms with van der Waals surface area (Å²) in [6.07, 6.45) is 3.84. The van der Waals surface area contributed by atoms with E-state index in [1.54, 1.807) is 11.8 Å². The first-order valence-corrected chi connectivity index (χ1v) is 6.14. The first-order chi connectivity index (χ1) is 7.38. The minimum absolute atomic E-state index is 0.305. The van der Waals surface area contributed by atoms with E-state index in [-0.39, 0.29) is 0 Å². The fraction of sp³-hybridized carbons (Fsp3) is 0.778. The lowest BCUT2D eigenvalue weighted by Gasteiger charge is -2.06. The maximum atomic E-state index is 5.52. The van der Waals surface area contributed by atoms with Crippen LogP contribution in [0.15, 0.2) is 9.64 Å². The number of rotatable bonds is 5. The summed E-state index contributed by atoms with van der Waals surface area (Å²) in [5, 5.41) is 8.27. The molecule has 1 aromatic heterocycles. The largest absolute Gasteiger partial charge is 0.415 e. The van der Waals surface area contributed by atoms with Gasteiger partial charge >= 0.3 is 0 Å². The predicted octanol–water partition coefficient (Wildman–Crippen LogP) is 1.19. The second kappa shape index (κ2) is 5.48. The molecule has 84 valence electrons. The molecule has 6 heteroatoms. The number of aromatic nitrogens is 2. The van der Waals surface area contributed by atoms with E-state index in [4.69, 9.17) is 14.9 Å². The van der Waals surface area contributed by atoms with Gasteiger partial charge in [0.2, 0.25) is 5.89 Å². The van der Waals surface area contributed by atoms with Crippen LogP contribution in [0.4, 0.5) is 0 Å². The summed E-state index contributed by atoms with van der Waals surface area (Å²) in [5.74, 6) is 1.45. The van der Waals surface area contributed by atoms with Gasteiger partial charge in [-0.15, -0.1) is 10.2 Å². The van der Waals surface area contributed by atoms with Gasteiger partial charge in [0.25, 0.3) is 5.22 Å². The third-order valence-electron chi connectivity index (χ3n) is 2.31. The Morgan fingerprint density at radius 1 is 1.47 bits per heavy atom. The van der Waals surface area contributed by atoms with Crippen LogP contribution < -0.4 is 5.73 Å². The van der Waals surface area contributed by atoms with Gasteiger partial charge in [-0.05, 0) is 19.3 Å². The van der Waals surface area contributed by atoms with E-state index < -0.39 is 0 Å². The van der Waals surface area contributed by atoms with E-state index in [1.165, 1.54) is 12.8 Å². The minimum Gasteiger partial charge on any atom is -0.415 e. The summed E-state index contributed by atoms with van der Waals surface area (Å²) in [6.45, 7) is 1.21. The van der Waals surface area contributed by atoms with Crippen LogP contribution in [0.2, 0.25) is 0 Å². The van der Waals surface area contributed by atoms with Gasteiger partial charge in [-0.2, -0.15) is 0 Å². The molecule has 0 spiro atoms. The van der Waals surface area contributed by atoms with Crippen molar-refractivity contribution in [3.63, 3.8) is 0 Å². The Morgan fingerprint density at radius 3 is 3.07 bits per heavy atom. The quantitative estimate of drug-likeness (QED) is 0.764. The molecule has 1 aliphatic rings. The minimum atomic E-state index is 0.305. The molecule has 0 aromatic carbocycles. The summed E-state index contributed by atoms with van der Waals surface area (Å²) in [4.78, 5) is 0. The molecule has 1 aromatic rings. The third kappa shape index (κ3) is 3.19. The number of hydrogen-bond donors (Lipinski definition) is 1. The monoisotopic (exact) mass is 229 g/mol. The zero-order valence-corrected chi connectivity index (χ0v) is 9.33. The van der Waals surface area contributed by atoms with Crippen molar-refractivity contribution in [1.82, 2.24) is 10.2 Å². The molecule has 0 amide bonds. The zero-order valence-electron chi connectivity index (χ0n) is 8.52. The van der Waals surface area contributed by atoms with Crippen molar-refractivity contribution in [1.29, 1.82) is 0 Å². The van der Waals surface area contributed by atoms with Crippen molar-refractivity contribution in [2.24, 2.45) is 5.73 Å². The molecule has 5 nitrogen and oxygen atoms in total. The zero-order chi connectivity index (χ0) is 10.5. The highest BCUT2D eigenvalue weighted by Crippen LogP contribution is 2.21. The molecule has 1 atom stereocenters. The average Bonchev–Trinajstić information content (AvgIpc) is 2.88. The summed E-state index contributed by atoms with van der Waals surface area (Å²) in [6, 6.07) is 0. The maximum absolute atomic E-state index is 5.52. The molecule has 0 radical (unpaired) electrons. The molecule has 2 heterocycles. The van der Waals surface area contributed by atoms with E-state index in [9.17, 15) is 0 Å². The highest BCUT2D eigenvalue weighted by atomic mass is 32.2. The normalized spacial score (nSPS) is 21.0. The van der Waals surface area contributed by atoms with Crippen LogP contribution in [0.3, 0.4) is 0 Å². The Labute approximate surface area is 92.8 Å². The van der Waals surface area contributed by atoms with Crippen molar-refractivity contribution in [3.05, 3.63) is 5.89 Å². The molecule has 0 bridgehead atoms. The van der Waals surface area contributed by atoms with Crippen molar-refractivity contribution in [2.45, 2.75) is 37.1 Å². The van der Waals surface area contributed by atoms with E-state index in [0.29, 0.717) is 23.8 Å². The molecule has 1 aliphatic heterocycles. The number of nitrogens with two attached hydrogens (primary N) is 1. The van der Waals surface area contributed by atoms with Gasteiger partial charge in [0, 0.05) is 12.4 Å². The predicted molar refractivity (Wildman–Crippen MR) is 56.5 cm³/mol. The lowest BCUT2D eigenvalue weighted by molar-refractivity contribution is 0.109. The Hall–Kier alpha value is -0.590. The number of thioether (sulfide) groups is 1. The Bertz CT molecular complexity index is 299. The van der Waals surface area contributed by atoms with Crippen LogP contribution in [0, 0.1) is 0 Å². The standard InChI is InChI=1S/C9H15N3O2S/c10-6-8-11-12-9(14-8)15-5-3-7-2-1-4-13-7/h7H,1-6,10H2. The fourth-order valence-electron chi connectivity index (χ4n) is 1.53. The number of nitrogens with zero attached hydrogens (tertiary/aromatic N) is 2. The summed E-state index contributed by atoms with van der Waals surface area (Å²) in [7, 11) is 0. The van der Waals surface area contributed by atoms with Gasteiger partial charge in [0.1, 0.15) is 0 Å². The van der Waals surface area contributed by atoms with E-state index >= 15 is 0 Å². The molecule has 15 heavy (non-hydrogen) atoms. The highest BCUT2D eigenvalue weighted by molar-refractivity contribution is 7.99. The summed E-state index contributed by atoms with van der Waals surface area (Å²) >= 11 is 1.57. The topological polar surface area (TPSA) is 74.2 Å². The summed E-state index contributed by atoms with van der Waals surface area (Å²) in [5.41, 5.74) is 5.37. The van der Waals surface area contributed by atoms with Crippen molar-refractivity contribution >= 4 is 11.8 Å². The average molecular weight is 229 g/mol. The van der Waals surface area contributed by atoms with Gasteiger partial charge in [0.15, 0.2) is 0 Å². The molecular weight excluding hydrogens is 214 g/mol. The molecular formula is C9H15N3O2S. The van der Waals surface area contributed by atoms with Gasteiger partial charge in [-0.3, -0.25) is 0 Å². The molecule has 1 unspecified atom stereocenters. The first-order valence-electron chi connectivity index (χ1n) is 5.15. The van der Waals surface area contributed by atoms with Crippen molar-refractivity contribution in [3.8, 4) is 0 Å². The first kappa shape index (κ1) is 10.9. The van der Waals surface area contributed by atoms with Gasteiger partial charge in [0.05, 0.1) is 12.6 Å². The Morgan fingerprint density at radius 2 is 2.40 bits per heavy atom. The smallest absolute Gasteiger partial charge is 0.276 e. The Balaban J connectivity index is 1.68. The van der Waals surface area contributed by atoms with Gasteiger partial charge < -0.3 is 14.9 Å². The van der Waals surface area contributed by atoms with Gasteiger partial charge in [-0.1, -0.05) is 11.8 Å². The Kier molecular flexibility index (Phi) is 3.99. The van der Waals surface area contributed by atoms with E-state index in [0.717, 1.165) is 18.8 Å². The van der Waals surface area contributed by atoms with Gasteiger partial charge in [-0.25, -0.2) is 0 Å². The fourth-order valence-corrected chi connectivity index (χ4v) is 2.34. The van der Waals surface area contributed by atoms with Crippen molar-refractivity contribution < 1.29 is 9.15 Å². The van der Waals surface area contributed by atoms with Crippen LogP contribution in [0.25, 0.3) is 0 Å². The second-order valence-electron chi connectivity index (χ2n) is 3.44. The number of ether oxygens (including phenoxy) is 1. The molecule has 2 rings (SSSR count). The van der Waals surface area contributed by atoms with Crippen LogP contribution in [0.5, 0.6) is 0 Å². The summed E-state index contributed by atoms with van der Waals surface area (Å²) < 4.78 is 10.8. The SMILES string of the molecule is NCc1nnc(SCCC2CCCO2)o1. The van der Waals surface area contributed by atoms with Crippen LogP contribution in [-0.4, -0.2) is 28.7 Å². The van der Waals surface area contributed by atoms with E-state index in [1.807, 2.05) is 0 Å². The van der Waals surface area contributed by atoms with E-state index in [2.05, 4.69) is 10.2 Å². The lowest BCUT2D eigenvalue weighted by atomic mass is 10.2. The molecule has 1 fully saturated rings. The number of hydrogen-bond acceptors (Lipinski definition) is 6. The van der Waals surface area contributed by atoms with Crippen molar-refractivity contribution in [2.75, 3.05) is 12.4 Å². The van der Waals surface area contributed by atoms with Crippen LogP contribution in [0.1, 0.15) is 25.2 Å². The molecule has 0 aliphatic carbocycles.